The van der Waals surface area contributed by atoms with Gasteiger partial charge in [-0.15, -0.1) is 0 Å². The van der Waals surface area contributed by atoms with Crippen LogP contribution in [0.15, 0.2) is 71.4 Å². The van der Waals surface area contributed by atoms with Crippen molar-refractivity contribution in [2.45, 2.75) is 13.8 Å². The van der Waals surface area contributed by atoms with Crippen LogP contribution in [-0.4, -0.2) is 17.7 Å². The average molecular weight is 515 g/mol. The van der Waals surface area contributed by atoms with Crippen molar-refractivity contribution in [2.75, 3.05) is 15.5 Å². The number of aryl methyl sites for hydroxylation is 1. The molecule has 0 aliphatic carbocycles. The summed E-state index contributed by atoms with van der Waals surface area (Å²) >= 11 is 18.4. The van der Waals surface area contributed by atoms with Crippen LogP contribution in [0.3, 0.4) is 0 Å². The van der Waals surface area contributed by atoms with Crippen LogP contribution < -0.4 is 15.5 Å². The van der Waals surface area contributed by atoms with Crippen molar-refractivity contribution in [1.82, 2.24) is 0 Å². The maximum atomic E-state index is 13.0. The smallest absolute Gasteiger partial charge is 0.283 e. The maximum Gasteiger partial charge on any atom is 0.283 e. The fraction of sp³-hybridized carbons (Fsp3) is 0.0800. The number of anilines is 3. The molecule has 9 heteroatoms. The molecule has 0 bridgehead atoms. The molecule has 0 radical (unpaired) electrons. The first-order chi connectivity index (χ1) is 16.2. The second kappa shape index (κ2) is 9.50. The van der Waals surface area contributed by atoms with Gasteiger partial charge in [0.25, 0.3) is 17.7 Å². The van der Waals surface area contributed by atoms with Crippen molar-refractivity contribution < 1.29 is 14.4 Å². The van der Waals surface area contributed by atoms with E-state index in [9.17, 15) is 14.4 Å². The van der Waals surface area contributed by atoms with Crippen LogP contribution in [0.1, 0.15) is 21.5 Å². The molecule has 6 nitrogen and oxygen atoms in total. The van der Waals surface area contributed by atoms with Crippen LogP contribution in [0.5, 0.6) is 0 Å². The Morgan fingerprint density at radius 2 is 1.62 bits per heavy atom. The summed E-state index contributed by atoms with van der Waals surface area (Å²) in [5.74, 6) is -1.75. The Labute approximate surface area is 211 Å². The van der Waals surface area contributed by atoms with E-state index < -0.39 is 11.8 Å². The van der Waals surface area contributed by atoms with Gasteiger partial charge in [0, 0.05) is 22.0 Å². The third kappa shape index (κ3) is 4.53. The summed E-state index contributed by atoms with van der Waals surface area (Å²) in [6.45, 7) is 3.89. The Hall–Kier alpha value is -3.32. The molecule has 1 heterocycles. The lowest BCUT2D eigenvalue weighted by Crippen LogP contribution is -2.32. The highest BCUT2D eigenvalue weighted by Gasteiger charge is 2.40. The summed E-state index contributed by atoms with van der Waals surface area (Å²) in [4.78, 5) is 39.4. The molecule has 0 atom stereocenters. The molecular formula is C25H18Cl3N3O3. The molecule has 3 amide bonds. The van der Waals surface area contributed by atoms with E-state index in [0.717, 1.165) is 16.0 Å². The Kier molecular flexibility index (Phi) is 6.66. The molecule has 0 saturated carbocycles. The zero-order valence-electron chi connectivity index (χ0n) is 18.1. The van der Waals surface area contributed by atoms with Gasteiger partial charge in [0.2, 0.25) is 0 Å². The number of carbonyl (C=O) groups is 3. The van der Waals surface area contributed by atoms with E-state index in [1.165, 1.54) is 12.1 Å². The number of nitrogens with zero attached hydrogens (tertiary/aromatic N) is 1. The molecule has 172 valence electrons. The van der Waals surface area contributed by atoms with Crippen LogP contribution in [0.2, 0.25) is 10.0 Å². The van der Waals surface area contributed by atoms with Gasteiger partial charge in [0.05, 0.1) is 10.7 Å². The van der Waals surface area contributed by atoms with Crippen LogP contribution >= 0.6 is 34.8 Å². The number of hydrogen-bond acceptors (Lipinski definition) is 4. The molecule has 4 rings (SSSR count). The number of carbonyl (C=O) groups excluding carboxylic acids is 3. The Morgan fingerprint density at radius 3 is 2.38 bits per heavy atom. The first-order valence-electron chi connectivity index (χ1n) is 10.2. The highest BCUT2D eigenvalue weighted by molar-refractivity contribution is 6.54. The lowest BCUT2D eigenvalue weighted by molar-refractivity contribution is -0.120. The molecule has 34 heavy (non-hydrogen) atoms. The van der Waals surface area contributed by atoms with E-state index in [2.05, 4.69) is 10.6 Å². The largest absolute Gasteiger partial charge is 0.350 e. The maximum absolute atomic E-state index is 13.0. The average Bonchev–Trinajstić information content (AvgIpc) is 3.02. The van der Waals surface area contributed by atoms with Gasteiger partial charge >= 0.3 is 0 Å². The molecule has 3 aromatic rings. The number of nitrogens with one attached hydrogen (secondary N) is 2. The zero-order chi connectivity index (χ0) is 24.6. The summed E-state index contributed by atoms with van der Waals surface area (Å²) in [5, 5.41) is 5.93. The summed E-state index contributed by atoms with van der Waals surface area (Å²) in [6.07, 6.45) is 0. The molecule has 0 spiro atoms. The number of imide groups is 1. The minimum absolute atomic E-state index is 0.126. The van der Waals surface area contributed by atoms with Crippen molar-refractivity contribution in [2.24, 2.45) is 0 Å². The number of benzene rings is 3. The molecule has 1 aliphatic heterocycles. The summed E-state index contributed by atoms with van der Waals surface area (Å²) in [5.41, 5.74) is 3.49. The normalized spacial score (nSPS) is 13.5. The first-order valence-corrected chi connectivity index (χ1v) is 11.3. The molecule has 0 unspecified atom stereocenters. The van der Waals surface area contributed by atoms with Gasteiger partial charge in [-0.05, 0) is 67.4 Å². The van der Waals surface area contributed by atoms with Gasteiger partial charge in [-0.1, -0.05) is 53.0 Å². The Balaban J connectivity index is 1.57. The van der Waals surface area contributed by atoms with E-state index in [1.54, 1.807) is 30.3 Å². The van der Waals surface area contributed by atoms with E-state index in [0.29, 0.717) is 22.0 Å². The van der Waals surface area contributed by atoms with Crippen LogP contribution in [0, 0.1) is 13.8 Å². The van der Waals surface area contributed by atoms with Gasteiger partial charge in [-0.3, -0.25) is 14.4 Å². The third-order valence-corrected chi connectivity index (χ3v) is 6.33. The van der Waals surface area contributed by atoms with Crippen LogP contribution in [0.25, 0.3) is 0 Å². The van der Waals surface area contributed by atoms with Crippen molar-refractivity contribution in [3.8, 4) is 0 Å². The molecule has 1 aliphatic rings. The third-order valence-electron chi connectivity index (χ3n) is 5.42. The molecule has 3 aromatic carbocycles. The molecule has 0 saturated heterocycles. The Morgan fingerprint density at radius 1 is 0.882 bits per heavy atom. The number of rotatable bonds is 5. The van der Waals surface area contributed by atoms with Gasteiger partial charge in [0.15, 0.2) is 0 Å². The lowest BCUT2D eigenvalue weighted by atomic mass is 10.1. The topological polar surface area (TPSA) is 78.5 Å². The van der Waals surface area contributed by atoms with E-state index in [-0.39, 0.29) is 27.3 Å². The van der Waals surface area contributed by atoms with Crippen molar-refractivity contribution in [3.63, 3.8) is 0 Å². The standard InChI is InChI=1S/C25H18Cl3N3O3/c1-13-5-3-8-19(14(13)2)30-23(32)15-6-4-7-17(11-15)29-22-21(28)24(33)31(25(22)34)20-12-16(26)9-10-18(20)27/h3-12,29H,1-2H3,(H,30,32). The van der Waals surface area contributed by atoms with E-state index >= 15 is 0 Å². The van der Waals surface area contributed by atoms with E-state index in [4.69, 9.17) is 34.8 Å². The molecule has 0 aromatic heterocycles. The minimum Gasteiger partial charge on any atom is -0.350 e. The highest BCUT2D eigenvalue weighted by Crippen LogP contribution is 2.36. The second-order valence-electron chi connectivity index (χ2n) is 7.64. The number of halogens is 3. The number of amides is 3. The van der Waals surface area contributed by atoms with Crippen molar-refractivity contribution in [3.05, 3.63) is 98.1 Å². The van der Waals surface area contributed by atoms with Gasteiger partial charge < -0.3 is 10.6 Å². The van der Waals surface area contributed by atoms with Crippen molar-refractivity contribution >= 4 is 69.6 Å². The fourth-order valence-corrected chi connectivity index (χ4v) is 4.03. The molecule has 2 N–H and O–H groups in total. The fourth-order valence-electron chi connectivity index (χ4n) is 3.45. The monoisotopic (exact) mass is 513 g/mol. The second-order valence-corrected chi connectivity index (χ2v) is 8.86. The number of hydrogen-bond donors (Lipinski definition) is 2. The Bertz CT molecular complexity index is 1380. The SMILES string of the molecule is Cc1cccc(NC(=O)c2cccc(NC3=C(Cl)C(=O)N(c4cc(Cl)ccc4Cl)C3=O)c2)c1C. The lowest BCUT2D eigenvalue weighted by Gasteiger charge is -2.17. The summed E-state index contributed by atoms with van der Waals surface area (Å²) < 4.78 is 0. The summed E-state index contributed by atoms with van der Waals surface area (Å²) in [7, 11) is 0. The van der Waals surface area contributed by atoms with Crippen LogP contribution in [0.4, 0.5) is 17.1 Å². The minimum atomic E-state index is -0.734. The quantitative estimate of drug-likeness (QED) is 0.392. The van der Waals surface area contributed by atoms with Gasteiger partial charge in [-0.25, -0.2) is 4.90 Å². The first kappa shape index (κ1) is 23.8. The van der Waals surface area contributed by atoms with E-state index in [1.807, 2.05) is 32.0 Å². The molecule has 0 fully saturated rings. The van der Waals surface area contributed by atoms with Crippen molar-refractivity contribution in [1.29, 1.82) is 0 Å². The van der Waals surface area contributed by atoms with Gasteiger partial charge in [-0.2, -0.15) is 0 Å². The molecular weight excluding hydrogens is 497 g/mol. The summed E-state index contributed by atoms with van der Waals surface area (Å²) in [6, 6.07) is 16.6. The zero-order valence-corrected chi connectivity index (χ0v) is 20.3. The highest BCUT2D eigenvalue weighted by atomic mass is 35.5. The predicted molar refractivity (Wildman–Crippen MR) is 136 cm³/mol. The van der Waals surface area contributed by atoms with Gasteiger partial charge in [0.1, 0.15) is 10.7 Å². The predicted octanol–water partition coefficient (Wildman–Crippen LogP) is 6.30. The van der Waals surface area contributed by atoms with Crippen LogP contribution in [-0.2, 0) is 9.59 Å².